The van der Waals surface area contributed by atoms with E-state index in [-0.39, 0.29) is 0 Å². The molecule has 0 aliphatic heterocycles. The van der Waals surface area contributed by atoms with Crippen molar-refractivity contribution in [1.29, 1.82) is 5.26 Å². The number of unbranched alkanes of at least 4 members (excludes halogenated alkanes) is 3. The van der Waals surface area contributed by atoms with Crippen LogP contribution in [0.25, 0.3) is 0 Å². The van der Waals surface area contributed by atoms with Gasteiger partial charge in [0.2, 0.25) is 0 Å². The summed E-state index contributed by atoms with van der Waals surface area (Å²) in [6.45, 7) is 1.97. The molecular weight excluding hydrogens is 336 g/mol. The third-order valence-corrected chi connectivity index (χ3v) is 4.11. The van der Waals surface area contributed by atoms with Gasteiger partial charge in [0, 0.05) is 0 Å². The lowest BCUT2D eigenvalue weighted by atomic mass is 10.2. The molecular formula is C22H29N4O+. The Labute approximate surface area is 162 Å². The number of hydrogen-bond acceptors (Lipinski definition) is 4. The quantitative estimate of drug-likeness (QED) is 0.312. The summed E-state index contributed by atoms with van der Waals surface area (Å²) in [4.78, 5) is 0. The minimum absolute atomic E-state index is 0.615. The Morgan fingerprint density at radius 2 is 1.37 bits per heavy atom. The lowest BCUT2D eigenvalue weighted by Gasteiger charge is -2.23. The van der Waals surface area contributed by atoms with Gasteiger partial charge >= 0.3 is 0 Å². The molecule has 2 aromatic carbocycles. The zero-order chi connectivity index (χ0) is 19.5. The summed E-state index contributed by atoms with van der Waals surface area (Å²) >= 11 is 0. The molecule has 0 heterocycles. The second-order valence-electron chi connectivity index (χ2n) is 7.63. The van der Waals surface area contributed by atoms with Crippen LogP contribution >= 0.6 is 0 Å². The van der Waals surface area contributed by atoms with E-state index in [0.29, 0.717) is 5.56 Å². The summed E-state index contributed by atoms with van der Waals surface area (Å²) < 4.78 is 6.82. The molecule has 27 heavy (non-hydrogen) atoms. The van der Waals surface area contributed by atoms with Crippen molar-refractivity contribution in [3.63, 3.8) is 0 Å². The van der Waals surface area contributed by atoms with Gasteiger partial charge in [-0.05, 0) is 74.2 Å². The minimum Gasteiger partial charge on any atom is -0.494 e. The van der Waals surface area contributed by atoms with Crippen molar-refractivity contribution in [1.82, 2.24) is 0 Å². The molecule has 0 aliphatic carbocycles. The number of azo groups is 1. The predicted octanol–water partition coefficient (Wildman–Crippen LogP) is 5.62. The molecule has 0 N–H and O–H groups in total. The summed E-state index contributed by atoms with van der Waals surface area (Å²) in [5.41, 5.74) is 2.11. The number of benzene rings is 2. The molecule has 2 rings (SSSR count). The van der Waals surface area contributed by atoms with E-state index in [1.54, 1.807) is 24.3 Å². The first-order valence-electron chi connectivity index (χ1n) is 9.41. The number of hydrogen-bond donors (Lipinski definition) is 0. The van der Waals surface area contributed by atoms with E-state index in [2.05, 4.69) is 37.4 Å². The molecule has 0 radical (unpaired) electrons. The number of quaternary nitrogens is 1. The van der Waals surface area contributed by atoms with Gasteiger partial charge in [-0.25, -0.2) is 0 Å². The SMILES string of the molecule is C[N+](C)(C)CCCCCCOc1ccc(N=Nc2ccc(C#N)cc2)cc1. The zero-order valence-electron chi connectivity index (χ0n) is 16.6. The molecule has 0 bridgehead atoms. The highest BCUT2D eigenvalue weighted by Crippen LogP contribution is 2.21. The van der Waals surface area contributed by atoms with Gasteiger partial charge in [-0.3, -0.25) is 0 Å². The zero-order valence-corrected chi connectivity index (χ0v) is 16.6. The van der Waals surface area contributed by atoms with Crippen LogP contribution in [-0.2, 0) is 0 Å². The molecule has 0 atom stereocenters. The lowest BCUT2D eigenvalue weighted by molar-refractivity contribution is -0.870. The predicted molar refractivity (Wildman–Crippen MR) is 109 cm³/mol. The Bertz CT molecular complexity index is 753. The van der Waals surface area contributed by atoms with Crippen LogP contribution in [0, 0.1) is 11.3 Å². The largest absolute Gasteiger partial charge is 0.494 e. The van der Waals surface area contributed by atoms with Gasteiger partial charge in [-0.15, -0.1) is 0 Å². The molecule has 5 heteroatoms. The highest BCUT2D eigenvalue weighted by molar-refractivity contribution is 5.44. The average Bonchev–Trinajstić information content (AvgIpc) is 2.66. The van der Waals surface area contributed by atoms with Crippen LogP contribution in [0.3, 0.4) is 0 Å². The van der Waals surface area contributed by atoms with E-state index in [0.717, 1.165) is 34.6 Å². The van der Waals surface area contributed by atoms with E-state index >= 15 is 0 Å². The third kappa shape index (κ3) is 8.48. The van der Waals surface area contributed by atoms with Crippen LogP contribution in [-0.4, -0.2) is 38.8 Å². The molecule has 2 aromatic rings. The van der Waals surface area contributed by atoms with Crippen molar-refractivity contribution in [2.75, 3.05) is 34.3 Å². The van der Waals surface area contributed by atoms with E-state index < -0.39 is 0 Å². The van der Waals surface area contributed by atoms with Crippen molar-refractivity contribution < 1.29 is 9.22 Å². The molecule has 0 saturated heterocycles. The first-order valence-corrected chi connectivity index (χ1v) is 9.41. The van der Waals surface area contributed by atoms with Gasteiger partial charge in [0.25, 0.3) is 0 Å². The molecule has 0 spiro atoms. The minimum atomic E-state index is 0.615. The second-order valence-corrected chi connectivity index (χ2v) is 7.63. The van der Waals surface area contributed by atoms with E-state index in [1.165, 1.54) is 25.8 Å². The third-order valence-electron chi connectivity index (χ3n) is 4.11. The first kappa shape index (κ1) is 20.6. The second kappa shape index (κ2) is 10.4. The van der Waals surface area contributed by atoms with Crippen molar-refractivity contribution in [2.24, 2.45) is 10.2 Å². The van der Waals surface area contributed by atoms with Gasteiger partial charge < -0.3 is 9.22 Å². The van der Waals surface area contributed by atoms with Crippen LogP contribution in [0.15, 0.2) is 58.8 Å². The monoisotopic (exact) mass is 365 g/mol. The Balaban J connectivity index is 1.69. The van der Waals surface area contributed by atoms with Crippen molar-refractivity contribution >= 4 is 11.4 Å². The van der Waals surface area contributed by atoms with Gasteiger partial charge in [-0.1, -0.05) is 0 Å². The van der Waals surface area contributed by atoms with Crippen LogP contribution in [0.5, 0.6) is 5.75 Å². The Morgan fingerprint density at radius 3 is 1.93 bits per heavy atom. The van der Waals surface area contributed by atoms with Crippen LogP contribution in [0.2, 0.25) is 0 Å². The molecule has 0 amide bonds. The Hall–Kier alpha value is -2.71. The van der Waals surface area contributed by atoms with Gasteiger partial charge in [0.15, 0.2) is 0 Å². The normalized spacial score (nSPS) is 11.5. The number of rotatable bonds is 10. The van der Waals surface area contributed by atoms with Gasteiger partial charge in [-0.2, -0.15) is 15.5 Å². The summed E-state index contributed by atoms with van der Waals surface area (Å²) in [7, 11) is 6.70. The highest BCUT2D eigenvalue weighted by atomic mass is 16.5. The number of ether oxygens (including phenoxy) is 1. The van der Waals surface area contributed by atoms with Crippen molar-refractivity contribution in [3.8, 4) is 11.8 Å². The molecule has 0 fully saturated rings. The molecule has 0 unspecified atom stereocenters. The van der Waals surface area contributed by atoms with E-state index in [1.807, 2.05) is 24.3 Å². The van der Waals surface area contributed by atoms with E-state index in [9.17, 15) is 0 Å². The first-order chi connectivity index (χ1) is 13.0. The summed E-state index contributed by atoms with van der Waals surface area (Å²) in [5.74, 6) is 0.860. The number of nitrogens with zero attached hydrogens (tertiary/aromatic N) is 4. The van der Waals surface area contributed by atoms with Crippen LogP contribution in [0.1, 0.15) is 31.2 Å². The summed E-state index contributed by atoms with van der Waals surface area (Å²) in [6, 6.07) is 16.7. The summed E-state index contributed by atoms with van der Waals surface area (Å²) in [6.07, 6.45) is 4.81. The number of nitriles is 1. The van der Waals surface area contributed by atoms with E-state index in [4.69, 9.17) is 10.00 Å². The van der Waals surface area contributed by atoms with Gasteiger partial charge in [0.05, 0.1) is 57.3 Å². The Morgan fingerprint density at radius 1 is 0.815 bits per heavy atom. The van der Waals surface area contributed by atoms with Gasteiger partial charge in [0.1, 0.15) is 5.75 Å². The molecule has 0 aromatic heterocycles. The fraction of sp³-hybridized carbons (Fsp3) is 0.409. The molecule has 0 aliphatic rings. The topological polar surface area (TPSA) is 57.7 Å². The molecule has 0 saturated carbocycles. The molecule has 142 valence electrons. The van der Waals surface area contributed by atoms with Crippen molar-refractivity contribution in [3.05, 3.63) is 54.1 Å². The maximum Gasteiger partial charge on any atom is 0.119 e. The highest BCUT2D eigenvalue weighted by Gasteiger charge is 2.05. The lowest BCUT2D eigenvalue weighted by Crippen LogP contribution is -2.35. The van der Waals surface area contributed by atoms with Crippen molar-refractivity contribution in [2.45, 2.75) is 25.7 Å². The fourth-order valence-electron chi connectivity index (χ4n) is 2.56. The smallest absolute Gasteiger partial charge is 0.119 e. The maximum atomic E-state index is 8.79. The average molecular weight is 366 g/mol. The van der Waals surface area contributed by atoms with Crippen LogP contribution in [0.4, 0.5) is 11.4 Å². The Kier molecular flexibility index (Phi) is 7.97. The maximum absolute atomic E-state index is 8.79. The summed E-state index contributed by atoms with van der Waals surface area (Å²) in [5, 5.41) is 17.2. The van der Waals surface area contributed by atoms with Crippen LogP contribution < -0.4 is 4.74 Å². The molecule has 5 nitrogen and oxygen atoms in total. The fourth-order valence-corrected chi connectivity index (χ4v) is 2.56. The standard InChI is InChI=1S/C22H29N4O/c1-26(2,3)16-6-4-5-7-17-27-22-14-12-21(13-15-22)25-24-20-10-8-19(18-23)9-11-20/h8-15H,4-7,16-17H2,1-3H3/q+1.